The lowest BCUT2D eigenvalue weighted by Gasteiger charge is -2.10. The molecule has 0 aliphatic heterocycles. The number of allylic oxidation sites excluding steroid dienone is 1. The number of benzene rings is 2. The topological polar surface area (TPSA) is 69.0 Å². The molecule has 0 aliphatic carbocycles. The number of thioether (sulfide) groups is 1. The van der Waals surface area contributed by atoms with E-state index in [0.717, 1.165) is 21.4 Å². The normalized spacial score (nSPS) is 10.6. The van der Waals surface area contributed by atoms with Crippen molar-refractivity contribution in [2.24, 2.45) is 0 Å². The van der Waals surface area contributed by atoms with Gasteiger partial charge < -0.3 is 10.1 Å². The third-order valence-electron chi connectivity index (χ3n) is 4.27. The zero-order valence-electron chi connectivity index (χ0n) is 16.7. The quantitative estimate of drug-likeness (QED) is 0.227. The molecule has 3 aromatic rings. The largest absolute Gasteiger partial charge is 0.486 e. The molecule has 1 N–H and O–H groups in total. The SMILES string of the molecule is C=CCn1c(COc2ccc(CC)cc2)nnc1SCC(=O)Nc1ccc(I)cc1. The number of nitrogens with zero attached hydrogens (tertiary/aromatic N) is 3. The van der Waals surface area contributed by atoms with Gasteiger partial charge in [-0.25, -0.2) is 0 Å². The Hall–Kier alpha value is -2.33. The van der Waals surface area contributed by atoms with Gasteiger partial charge in [0.1, 0.15) is 12.4 Å². The molecule has 0 spiro atoms. The van der Waals surface area contributed by atoms with E-state index in [1.165, 1.54) is 17.3 Å². The van der Waals surface area contributed by atoms with Crippen LogP contribution in [-0.2, 0) is 24.4 Å². The monoisotopic (exact) mass is 534 g/mol. The van der Waals surface area contributed by atoms with E-state index in [0.29, 0.717) is 24.1 Å². The van der Waals surface area contributed by atoms with Crippen molar-refractivity contribution in [3.05, 3.63) is 76.1 Å². The van der Waals surface area contributed by atoms with E-state index in [9.17, 15) is 4.79 Å². The zero-order chi connectivity index (χ0) is 21.3. The van der Waals surface area contributed by atoms with Crippen LogP contribution >= 0.6 is 34.4 Å². The molecular formula is C22H23IN4O2S. The van der Waals surface area contributed by atoms with Gasteiger partial charge in [0.25, 0.3) is 0 Å². The Morgan fingerprint density at radius 3 is 2.60 bits per heavy atom. The van der Waals surface area contributed by atoms with Gasteiger partial charge in [0.2, 0.25) is 5.91 Å². The molecule has 2 aromatic carbocycles. The lowest BCUT2D eigenvalue weighted by Crippen LogP contribution is -2.15. The van der Waals surface area contributed by atoms with Crippen molar-refractivity contribution in [3.8, 4) is 5.75 Å². The standard InChI is InChI=1S/C22H23IN4O2S/c1-3-13-27-20(14-29-19-11-5-16(4-2)6-12-19)25-26-22(27)30-15-21(28)24-18-9-7-17(23)8-10-18/h3,5-12H,1,4,13-15H2,2H3,(H,24,28). The van der Waals surface area contributed by atoms with E-state index < -0.39 is 0 Å². The van der Waals surface area contributed by atoms with Crippen molar-refractivity contribution in [2.75, 3.05) is 11.1 Å². The summed E-state index contributed by atoms with van der Waals surface area (Å²) in [6, 6.07) is 15.7. The first kappa shape index (κ1) is 22.4. The minimum Gasteiger partial charge on any atom is -0.486 e. The number of amides is 1. The first-order valence-electron chi connectivity index (χ1n) is 9.52. The van der Waals surface area contributed by atoms with Gasteiger partial charge in [-0.05, 0) is 71.0 Å². The van der Waals surface area contributed by atoms with Crippen LogP contribution in [0.25, 0.3) is 0 Å². The molecule has 0 saturated heterocycles. The third-order valence-corrected chi connectivity index (χ3v) is 5.95. The van der Waals surface area contributed by atoms with Crippen LogP contribution in [0.4, 0.5) is 5.69 Å². The van der Waals surface area contributed by atoms with E-state index >= 15 is 0 Å². The van der Waals surface area contributed by atoms with E-state index in [-0.39, 0.29) is 11.7 Å². The van der Waals surface area contributed by atoms with Crippen molar-refractivity contribution in [1.82, 2.24) is 14.8 Å². The van der Waals surface area contributed by atoms with Gasteiger partial charge in [-0.15, -0.1) is 16.8 Å². The molecule has 156 valence electrons. The second-order valence-electron chi connectivity index (χ2n) is 6.43. The molecule has 1 amide bonds. The van der Waals surface area contributed by atoms with Crippen LogP contribution in [0.5, 0.6) is 5.75 Å². The molecule has 1 aromatic heterocycles. The van der Waals surface area contributed by atoms with Crippen molar-refractivity contribution in [3.63, 3.8) is 0 Å². The van der Waals surface area contributed by atoms with E-state index in [2.05, 4.69) is 63.7 Å². The number of rotatable bonds is 10. The summed E-state index contributed by atoms with van der Waals surface area (Å²) >= 11 is 3.57. The lowest BCUT2D eigenvalue weighted by atomic mass is 10.2. The Kier molecular flexibility index (Phi) is 8.32. The van der Waals surface area contributed by atoms with Crippen LogP contribution in [0.15, 0.2) is 66.3 Å². The maximum absolute atomic E-state index is 12.3. The van der Waals surface area contributed by atoms with E-state index in [1.807, 2.05) is 41.0 Å². The summed E-state index contributed by atoms with van der Waals surface area (Å²) in [5.74, 6) is 1.62. The lowest BCUT2D eigenvalue weighted by molar-refractivity contribution is -0.113. The number of aromatic nitrogens is 3. The predicted octanol–water partition coefficient (Wildman–Crippen LogP) is 4.94. The second kappa shape index (κ2) is 11.2. The highest BCUT2D eigenvalue weighted by atomic mass is 127. The highest BCUT2D eigenvalue weighted by Gasteiger charge is 2.14. The number of ether oxygens (including phenoxy) is 1. The first-order valence-corrected chi connectivity index (χ1v) is 11.6. The van der Waals surface area contributed by atoms with Gasteiger partial charge in [0.15, 0.2) is 11.0 Å². The summed E-state index contributed by atoms with van der Waals surface area (Å²) < 4.78 is 8.89. The second-order valence-corrected chi connectivity index (χ2v) is 8.62. The van der Waals surface area contributed by atoms with Crippen LogP contribution in [0.1, 0.15) is 18.3 Å². The Balaban J connectivity index is 1.59. The fraction of sp³-hybridized carbons (Fsp3) is 0.227. The summed E-state index contributed by atoms with van der Waals surface area (Å²) in [7, 11) is 0. The molecule has 8 heteroatoms. The van der Waals surface area contributed by atoms with Crippen molar-refractivity contribution in [1.29, 1.82) is 0 Å². The third kappa shape index (κ3) is 6.33. The van der Waals surface area contributed by atoms with Crippen LogP contribution in [-0.4, -0.2) is 26.4 Å². The van der Waals surface area contributed by atoms with Crippen LogP contribution < -0.4 is 10.1 Å². The Bertz CT molecular complexity index is 987. The molecule has 30 heavy (non-hydrogen) atoms. The number of carbonyl (C=O) groups excluding carboxylic acids is 1. The Morgan fingerprint density at radius 2 is 1.93 bits per heavy atom. The summed E-state index contributed by atoms with van der Waals surface area (Å²) in [5, 5.41) is 12.0. The average molecular weight is 534 g/mol. The summed E-state index contributed by atoms with van der Waals surface area (Å²) in [6.07, 6.45) is 2.77. The fourth-order valence-corrected chi connectivity index (χ4v) is 3.80. The van der Waals surface area contributed by atoms with Crippen LogP contribution in [0, 0.1) is 3.57 Å². The van der Waals surface area contributed by atoms with Crippen molar-refractivity contribution >= 4 is 45.9 Å². The smallest absolute Gasteiger partial charge is 0.234 e. The fourth-order valence-electron chi connectivity index (χ4n) is 2.67. The van der Waals surface area contributed by atoms with Crippen LogP contribution in [0.2, 0.25) is 0 Å². The van der Waals surface area contributed by atoms with Crippen LogP contribution in [0.3, 0.4) is 0 Å². The van der Waals surface area contributed by atoms with Crippen molar-refractivity contribution < 1.29 is 9.53 Å². The molecule has 0 bridgehead atoms. The molecule has 0 aliphatic rings. The predicted molar refractivity (Wildman–Crippen MR) is 129 cm³/mol. The summed E-state index contributed by atoms with van der Waals surface area (Å²) in [6.45, 7) is 6.76. The average Bonchev–Trinajstić information content (AvgIpc) is 3.14. The van der Waals surface area contributed by atoms with Gasteiger partial charge in [0.05, 0.1) is 5.75 Å². The number of hydrogen-bond acceptors (Lipinski definition) is 5. The molecule has 3 rings (SSSR count). The first-order chi connectivity index (χ1) is 14.6. The minimum atomic E-state index is -0.0943. The number of halogens is 1. The molecule has 0 unspecified atom stereocenters. The Morgan fingerprint density at radius 1 is 1.20 bits per heavy atom. The molecule has 0 saturated carbocycles. The maximum atomic E-state index is 12.3. The zero-order valence-corrected chi connectivity index (χ0v) is 19.7. The highest BCUT2D eigenvalue weighted by molar-refractivity contribution is 14.1. The highest BCUT2D eigenvalue weighted by Crippen LogP contribution is 2.20. The van der Waals surface area contributed by atoms with Gasteiger partial charge >= 0.3 is 0 Å². The number of anilines is 1. The van der Waals surface area contributed by atoms with Gasteiger partial charge in [0, 0.05) is 15.8 Å². The minimum absolute atomic E-state index is 0.0943. The molecule has 1 heterocycles. The molecule has 6 nitrogen and oxygen atoms in total. The number of nitrogens with one attached hydrogen (secondary N) is 1. The number of hydrogen-bond donors (Lipinski definition) is 1. The molecule has 0 atom stereocenters. The number of carbonyl (C=O) groups is 1. The van der Waals surface area contributed by atoms with Gasteiger partial charge in [-0.3, -0.25) is 9.36 Å². The number of aryl methyl sites for hydroxylation is 1. The van der Waals surface area contributed by atoms with Gasteiger partial charge in [-0.1, -0.05) is 36.9 Å². The molecule has 0 fully saturated rings. The van der Waals surface area contributed by atoms with Crippen molar-refractivity contribution in [2.45, 2.75) is 31.7 Å². The van der Waals surface area contributed by atoms with E-state index in [4.69, 9.17) is 4.74 Å². The molecule has 0 radical (unpaired) electrons. The Labute approximate surface area is 194 Å². The van der Waals surface area contributed by atoms with E-state index in [1.54, 1.807) is 6.08 Å². The summed E-state index contributed by atoms with van der Waals surface area (Å²) in [5.41, 5.74) is 2.04. The molecular weight excluding hydrogens is 511 g/mol. The summed E-state index contributed by atoms with van der Waals surface area (Å²) in [4.78, 5) is 12.3. The van der Waals surface area contributed by atoms with Gasteiger partial charge in [-0.2, -0.15) is 0 Å². The maximum Gasteiger partial charge on any atom is 0.234 e.